The molecule has 12 nitrogen and oxygen atoms in total. The van der Waals surface area contributed by atoms with Crippen LogP contribution in [-0.4, -0.2) is 54.6 Å². The Morgan fingerprint density at radius 3 is 1.89 bits per heavy atom. The van der Waals surface area contributed by atoms with Crippen molar-refractivity contribution in [2.45, 2.75) is 37.3 Å². The largest absolute Gasteiger partial charge is 0.346 e. The van der Waals surface area contributed by atoms with Crippen molar-refractivity contribution < 1.29 is 17.6 Å². The number of fused-ring (bicyclic) bond motifs is 2. The van der Waals surface area contributed by atoms with E-state index in [1.807, 2.05) is 24.3 Å². The number of alkyl halides is 2. The molecular formula is C36H25ClF4N12. The minimum atomic E-state index is -1.10. The van der Waals surface area contributed by atoms with Gasteiger partial charge in [0.15, 0.2) is 11.3 Å². The molecule has 6 aromatic rings. The Kier molecular flexibility index (Phi) is 10.8. The van der Waals surface area contributed by atoms with Gasteiger partial charge in [0.25, 0.3) is 0 Å². The van der Waals surface area contributed by atoms with Crippen molar-refractivity contribution in [3.05, 3.63) is 123 Å². The molecule has 0 unspecified atom stereocenters. The highest BCUT2D eigenvalue weighted by molar-refractivity contribution is 6.29. The Morgan fingerprint density at radius 2 is 1.30 bits per heavy atom. The smallest absolute Gasteiger partial charge is 0.175 e. The lowest BCUT2D eigenvalue weighted by molar-refractivity contribution is 0.355. The normalized spacial score (nSPS) is 18.9. The predicted molar refractivity (Wildman–Crippen MR) is 183 cm³/mol. The van der Waals surface area contributed by atoms with E-state index in [4.69, 9.17) is 32.6 Å². The van der Waals surface area contributed by atoms with E-state index in [0.717, 1.165) is 6.07 Å². The van der Waals surface area contributed by atoms with Crippen LogP contribution in [0.2, 0.25) is 5.15 Å². The highest BCUT2D eigenvalue weighted by Gasteiger charge is 2.35. The first kappa shape index (κ1) is 36.2. The van der Waals surface area contributed by atoms with E-state index >= 15 is 0 Å². The zero-order valence-electron chi connectivity index (χ0n) is 27.4. The molecule has 0 amide bonds. The summed E-state index contributed by atoms with van der Waals surface area (Å²) in [6.07, 6.45) is 4.70. The van der Waals surface area contributed by atoms with Gasteiger partial charge in [0, 0.05) is 31.4 Å². The summed E-state index contributed by atoms with van der Waals surface area (Å²) in [6.45, 7) is 0.394. The zero-order valence-corrected chi connectivity index (χ0v) is 28.1. The van der Waals surface area contributed by atoms with Crippen LogP contribution in [0.15, 0.2) is 73.3 Å². The van der Waals surface area contributed by atoms with E-state index in [0.29, 0.717) is 57.5 Å². The molecule has 1 N–H and O–H groups in total. The molecule has 0 bridgehead atoms. The van der Waals surface area contributed by atoms with Crippen molar-refractivity contribution in [3.63, 3.8) is 0 Å². The van der Waals surface area contributed by atoms with E-state index in [-0.39, 0.29) is 30.1 Å². The number of benzene rings is 2. The topological polar surface area (TPSA) is 171 Å². The van der Waals surface area contributed by atoms with Crippen molar-refractivity contribution in [2.24, 2.45) is 0 Å². The van der Waals surface area contributed by atoms with Crippen molar-refractivity contribution in [3.8, 4) is 24.3 Å². The van der Waals surface area contributed by atoms with Gasteiger partial charge in [-0.25, -0.2) is 36.6 Å². The number of hydrogen-bond acceptors (Lipinski definition) is 10. The molecule has 8 rings (SSSR count). The van der Waals surface area contributed by atoms with Crippen LogP contribution in [-0.2, 0) is 0 Å². The van der Waals surface area contributed by atoms with Gasteiger partial charge in [-0.2, -0.15) is 31.2 Å². The maximum Gasteiger partial charge on any atom is 0.175 e. The number of nitriles is 4. The summed E-state index contributed by atoms with van der Waals surface area (Å²) in [5.74, 6) is -0.511. The molecule has 53 heavy (non-hydrogen) atoms. The minimum absolute atomic E-state index is 0.0995. The van der Waals surface area contributed by atoms with Crippen LogP contribution in [0, 0.1) is 57.0 Å². The molecule has 4 atom stereocenters. The Balaban J connectivity index is 0.000000150. The zero-order chi connectivity index (χ0) is 37.6. The molecular weight excluding hydrogens is 712 g/mol. The fourth-order valence-electron chi connectivity index (χ4n) is 6.07. The first-order chi connectivity index (χ1) is 25.6. The molecule has 0 spiro atoms. The monoisotopic (exact) mass is 736 g/mol. The van der Waals surface area contributed by atoms with E-state index in [9.17, 15) is 17.6 Å². The second kappa shape index (κ2) is 15.7. The van der Waals surface area contributed by atoms with Crippen LogP contribution in [0.3, 0.4) is 0 Å². The van der Waals surface area contributed by atoms with Crippen LogP contribution < -0.4 is 10.2 Å². The predicted octanol–water partition coefficient (Wildman–Crippen LogP) is 6.23. The van der Waals surface area contributed by atoms with Gasteiger partial charge in [-0.15, -0.1) is 0 Å². The maximum absolute atomic E-state index is 14.2. The van der Waals surface area contributed by atoms with Crippen LogP contribution in [0.25, 0.3) is 11.3 Å². The molecule has 2 aromatic carbocycles. The molecule has 2 aliphatic rings. The van der Waals surface area contributed by atoms with Crippen molar-refractivity contribution >= 4 is 28.7 Å². The van der Waals surface area contributed by atoms with Crippen LogP contribution in [0.1, 0.15) is 58.3 Å². The third kappa shape index (κ3) is 8.16. The van der Waals surface area contributed by atoms with E-state index in [1.54, 1.807) is 41.6 Å². The average Bonchev–Trinajstić information content (AvgIpc) is 3.96. The molecule has 2 fully saturated rings. The molecule has 0 radical (unpaired) electrons. The lowest BCUT2D eigenvalue weighted by Crippen LogP contribution is -2.25. The van der Waals surface area contributed by atoms with Gasteiger partial charge >= 0.3 is 0 Å². The van der Waals surface area contributed by atoms with Gasteiger partial charge < -0.3 is 10.2 Å². The van der Waals surface area contributed by atoms with Gasteiger partial charge in [0.2, 0.25) is 0 Å². The van der Waals surface area contributed by atoms with Gasteiger partial charge in [0.1, 0.15) is 58.2 Å². The maximum atomic E-state index is 14.2. The average molecular weight is 737 g/mol. The first-order valence-electron chi connectivity index (χ1n) is 15.9. The fraction of sp³-hybridized carbons (Fsp3) is 0.222. The van der Waals surface area contributed by atoms with Crippen molar-refractivity contribution in [2.75, 3.05) is 18.0 Å². The number of aromatic nitrogens is 6. The van der Waals surface area contributed by atoms with Crippen LogP contribution in [0.5, 0.6) is 0 Å². The number of hydrogen-bond donors (Lipinski definition) is 1. The molecule has 0 saturated carbocycles. The number of nitrogens with one attached hydrogen (secondary N) is 1. The highest BCUT2D eigenvalue weighted by atomic mass is 35.5. The van der Waals surface area contributed by atoms with Crippen LogP contribution >= 0.6 is 11.6 Å². The van der Waals surface area contributed by atoms with E-state index in [1.165, 1.54) is 39.6 Å². The molecule has 0 aliphatic carbocycles. The molecule has 17 heteroatoms. The number of halogens is 5. The lowest BCUT2D eigenvalue weighted by atomic mass is 10.0. The summed E-state index contributed by atoms with van der Waals surface area (Å²) in [5.41, 5.74) is 3.24. The highest BCUT2D eigenvalue weighted by Crippen LogP contribution is 2.37. The minimum Gasteiger partial charge on any atom is -0.346 e. The van der Waals surface area contributed by atoms with Crippen molar-refractivity contribution in [1.82, 2.24) is 34.5 Å². The second-order valence-corrected chi connectivity index (χ2v) is 12.4. The summed E-state index contributed by atoms with van der Waals surface area (Å²) < 4.78 is 57.0. The standard InChI is InChI=1S/C18H12F2N6.C11H10F2N2.C7H3ClN4/c19-14-4-11(7-21)3-12(5-14)16-6-15(20)10-25(16)17-1-2-26-18(24-17)13(8-22)9-23-26;12-9-2-7(5-14)1-8(3-9)11-4-10(13)6-15-11;8-6-1-2-12-7(11-6)5(3-9)4-10-12/h1-5,9,15-16H,6,10H2;1-3,10-11,15H,4,6H2;1-2,4H/t15-,16+;10-,11+;/m00./s1. The Morgan fingerprint density at radius 1 is 0.717 bits per heavy atom. The molecule has 6 heterocycles. The quantitative estimate of drug-likeness (QED) is 0.162. The molecule has 2 aliphatic heterocycles. The SMILES string of the molecule is N#Cc1cc(F)cc([C@H]2C[C@H](F)CN2)c1.N#Cc1cc(F)cc([C@H]2C[C@H](F)CN2c2ccn3ncc(C#N)c3n2)c1.N#Cc1cnn2ccc(Cl)nc12. The molecule has 264 valence electrons. The third-order valence-corrected chi connectivity index (χ3v) is 8.65. The summed E-state index contributed by atoms with van der Waals surface area (Å²) in [6, 6.07) is 18.6. The van der Waals surface area contributed by atoms with Crippen molar-refractivity contribution in [1.29, 1.82) is 21.0 Å². The van der Waals surface area contributed by atoms with Crippen LogP contribution in [0.4, 0.5) is 23.4 Å². The van der Waals surface area contributed by atoms with Gasteiger partial charge in [-0.3, -0.25) is 0 Å². The number of nitrogens with zero attached hydrogens (tertiary/aromatic N) is 11. The van der Waals surface area contributed by atoms with E-state index in [2.05, 4.69) is 25.5 Å². The summed E-state index contributed by atoms with van der Waals surface area (Å²) in [5, 5.41) is 46.8. The Hall–Kier alpha value is -6.59. The third-order valence-electron chi connectivity index (χ3n) is 8.44. The Labute approximate surface area is 304 Å². The number of rotatable bonds is 3. The summed E-state index contributed by atoms with van der Waals surface area (Å²) in [4.78, 5) is 10.1. The van der Waals surface area contributed by atoms with Gasteiger partial charge in [-0.05, 0) is 66.1 Å². The molecule has 2 saturated heterocycles. The summed E-state index contributed by atoms with van der Waals surface area (Å²) in [7, 11) is 0. The van der Waals surface area contributed by atoms with Gasteiger partial charge in [-0.1, -0.05) is 11.6 Å². The first-order valence-corrected chi connectivity index (χ1v) is 16.3. The fourth-order valence-corrected chi connectivity index (χ4v) is 6.21. The Bertz CT molecular complexity index is 2470. The lowest BCUT2D eigenvalue weighted by Gasteiger charge is -2.26. The van der Waals surface area contributed by atoms with E-state index < -0.39 is 30.0 Å². The van der Waals surface area contributed by atoms with Gasteiger partial charge in [0.05, 0.1) is 48.2 Å². The second-order valence-electron chi connectivity index (χ2n) is 12.0. The molecule has 4 aromatic heterocycles. The number of anilines is 1. The summed E-state index contributed by atoms with van der Waals surface area (Å²) >= 11 is 5.64.